The second-order valence-corrected chi connectivity index (χ2v) is 9.58. The van der Waals surface area contributed by atoms with Gasteiger partial charge in [-0.2, -0.15) is 5.10 Å². The Morgan fingerprint density at radius 1 is 1.16 bits per heavy atom. The zero-order valence-corrected chi connectivity index (χ0v) is 18.1. The lowest BCUT2D eigenvalue weighted by Gasteiger charge is -2.39. The molecule has 0 saturated heterocycles. The highest BCUT2D eigenvalue weighted by Gasteiger charge is 2.38. The molecule has 1 aromatic carbocycles. The minimum atomic E-state index is -1.18. The van der Waals surface area contributed by atoms with Crippen molar-refractivity contribution < 1.29 is 9.90 Å². The van der Waals surface area contributed by atoms with E-state index in [9.17, 15) is 14.7 Å². The number of fused-ring (bicyclic) bond motifs is 4. The molecule has 0 bridgehead atoms. The highest BCUT2D eigenvalue weighted by molar-refractivity contribution is 6.00. The number of aromatic carboxylic acids is 1. The topological polar surface area (TPSA) is 77.1 Å². The number of carboxylic acid groups (broad SMARTS) is 1. The van der Waals surface area contributed by atoms with Gasteiger partial charge in [0.15, 0.2) is 5.43 Å². The number of pyridine rings is 1. The fourth-order valence-corrected chi connectivity index (χ4v) is 5.01. The number of allylic oxidation sites excluding steroid dienone is 2. The van der Waals surface area contributed by atoms with Gasteiger partial charge >= 0.3 is 5.97 Å². The van der Waals surface area contributed by atoms with E-state index >= 15 is 0 Å². The van der Waals surface area contributed by atoms with Crippen LogP contribution in [0.1, 0.15) is 60.4 Å². The van der Waals surface area contributed by atoms with Crippen LogP contribution in [0.5, 0.6) is 0 Å². The van der Waals surface area contributed by atoms with Crippen molar-refractivity contribution >= 4 is 17.1 Å². The Morgan fingerprint density at radius 3 is 2.55 bits per heavy atom. The number of nitrogens with zero attached hydrogens (tertiary/aromatic N) is 3. The Hall–Kier alpha value is -3.41. The molecule has 3 aromatic rings. The summed E-state index contributed by atoms with van der Waals surface area (Å²) in [6.45, 7) is 6.48. The number of hydrogen-bond donors (Lipinski definition) is 1. The summed E-state index contributed by atoms with van der Waals surface area (Å²) < 4.78 is 3.82. The normalized spacial score (nSPS) is 17.4. The fourth-order valence-electron chi connectivity index (χ4n) is 5.01. The number of hydrogen-bond acceptors (Lipinski definition) is 3. The van der Waals surface area contributed by atoms with E-state index in [1.165, 1.54) is 22.8 Å². The van der Waals surface area contributed by atoms with Crippen LogP contribution in [-0.4, -0.2) is 25.4 Å². The van der Waals surface area contributed by atoms with E-state index in [-0.39, 0.29) is 17.0 Å². The van der Waals surface area contributed by atoms with E-state index in [0.717, 1.165) is 28.9 Å². The summed E-state index contributed by atoms with van der Waals surface area (Å²) in [7, 11) is 1.91. The molecule has 0 amide bonds. The van der Waals surface area contributed by atoms with E-state index in [4.69, 9.17) is 0 Å². The van der Waals surface area contributed by atoms with Crippen molar-refractivity contribution in [2.45, 2.75) is 39.7 Å². The lowest BCUT2D eigenvalue weighted by Crippen LogP contribution is -2.32. The van der Waals surface area contributed by atoms with Crippen LogP contribution in [0, 0.1) is 5.41 Å². The van der Waals surface area contributed by atoms with Crippen molar-refractivity contribution in [2.24, 2.45) is 12.5 Å². The maximum absolute atomic E-state index is 12.6. The van der Waals surface area contributed by atoms with Gasteiger partial charge in [-0.05, 0) is 40.2 Å². The number of aryl methyl sites for hydroxylation is 1. The lowest BCUT2D eigenvalue weighted by molar-refractivity contribution is 0.0693. The molecule has 1 aliphatic heterocycles. The van der Waals surface area contributed by atoms with E-state index in [0.29, 0.717) is 6.42 Å². The molecule has 1 atom stereocenters. The summed E-state index contributed by atoms with van der Waals surface area (Å²) in [6.07, 6.45) is 4.99. The van der Waals surface area contributed by atoms with Crippen molar-refractivity contribution in [2.75, 3.05) is 0 Å². The minimum absolute atomic E-state index is 0.0457. The van der Waals surface area contributed by atoms with Gasteiger partial charge in [-0.3, -0.25) is 9.48 Å². The maximum atomic E-state index is 12.6. The van der Waals surface area contributed by atoms with E-state index in [2.05, 4.69) is 44.1 Å². The van der Waals surface area contributed by atoms with Gasteiger partial charge in [0, 0.05) is 49.2 Å². The molecule has 0 spiro atoms. The molecule has 2 aliphatic rings. The Bertz CT molecular complexity index is 1330. The van der Waals surface area contributed by atoms with Crippen LogP contribution in [-0.2, 0) is 13.5 Å². The first-order chi connectivity index (χ1) is 14.6. The maximum Gasteiger partial charge on any atom is 0.341 e. The van der Waals surface area contributed by atoms with Gasteiger partial charge in [-0.25, -0.2) is 4.79 Å². The number of carbonyl (C=O) groups is 1. The Labute approximate surface area is 180 Å². The average molecular weight is 415 g/mol. The summed E-state index contributed by atoms with van der Waals surface area (Å²) in [4.78, 5) is 24.3. The third-order valence-corrected chi connectivity index (χ3v) is 6.56. The summed E-state index contributed by atoms with van der Waals surface area (Å²) in [6, 6.07) is 9.90. The number of rotatable bonds is 2. The molecule has 1 N–H and O–H groups in total. The molecule has 0 saturated carbocycles. The molecule has 6 heteroatoms. The van der Waals surface area contributed by atoms with Crippen molar-refractivity contribution in [3.05, 3.63) is 75.3 Å². The predicted molar refractivity (Wildman–Crippen MR) is 120 cm³/mol. The van der Waals surface area contributed by atoms with Crippen molar-refractivity contribution in [3.63, 3.8) is 0 Å². The summed E-state index contributed by atoms with van der Waals surface area (Å²) >= 11 is 0. The van der Waals surface area contributed by atoms with Gasteiger partial charge in [0.2, 0.25) is 0 Å². The van der Waals surface area contributed by atoms with Crippen LogP contribution in [0.2, 0.25) is 0 Å². The molecule has 158 valence electrons. The van der Waals surface area contributed by atoms with Gasteiger partial charge in [0.05, 0.1) is 5.69 Å². The number of carboxylic acids is 1. The highest BCUT2D eigenvalue weighted by Crippen LogP contribution is 2.51. The zero-order valence-electron chi connectivity index (χ0n) is 18.1. The molecule has 6 nitrogen and oxygen atoms in total. The number of benzene rings is 1. The van der Waals surface area contributed by atoms with Crippen molar-refractivity contribution in [1.29, 1.82) is 0 Å². The largest absolute Gasteiger partial charge is 0.477 e. The monoisotopic (exact) mass is 415 g/mol. The van der Waals surface area contributed by atoms with Gasteiger partial charge in [0.1, 0.15) is 5.56 Å². The molecular formula is C25H25N3O3. The van der Waals surface area contributed by atoms with Crippen LogP contribution in [0.3, 0.4) is 0 Å². The van der Waals surface area contributed by atoms with E-state index < -0.39 is 11.4 Å². The Balaban J connectivity index is 1.72. The summed E-state index contributed by atoms with van der Waals surface area (Å²) in [5.41, 5.74) is 6.96. The molecule has 3 heterocycles. The smallest absolute Gasteiger partial charge is 0.341 e. The van der Waals surface area contributed by atoms with Crippen LogP contribution in [0.15, 0.2) is 47.5 Å². The minimum Gasteiger partial charge on any atom is -0.477 e. The SMILES string of the molecule is Cn1ccc(-c2cccc3c2CC2=C3C[C@@H](C(C)(C)C)n3cc(C(=O)O)c(=O)cc32)n1. The molecule has 0 unspecified atom stereocenters. The van der Waals surface area contributed by atoms with Crippen LogP contribution >= 0.6 is 0 Å². The standard InChI is InChI=1S/C25H25N3O3/c1-25(2,3)23-11-17-14-6-5-7-15(20-8-9-27(4)26-20)16(14)10-18(17)21-12-22(29)19(24(30)31)13-28(21)23/h5-9,12-13,23H,10-11H2,1-4H3,(H,30,31)/t23-/m0/s1. The van der Waals surface area contributed by atoms with E-state index in [1.807, 2.05) is 23.9 Å². The molecular weight excluding hydrogens is 390 g/mol. The molecule has 0 fully saturated rings. The van der Waals surface area contributed by atoms with Gasteiger partial charge in [-0.1, -0.05) is 39.0 Å². The molecule has 2 aromatic heterocycles. The second kappa shape index (κ2) is 6.54. The first-order valence-corrected chi connectivity index (χ1v) is 10.5. The highest BCUT2D eigenvalue weighted by atomic mass is 16.4. The second-order valence-electron chi connectivity index (χ2n) is 9.58. The van der Waals surface area contributed by atoms with Crippen LogP contribution < -0.4 is 5.43 Å². The first kappa shape index (κ1) is 19.5. The molecule has 5 rings (SSSR count). The summed E-state index contributed by atoms with van der Waals surface area (Å²) in [5.74, 6) is -1.18. The molecule has 31 heavy (non-hydrogen) atoms. The van der Waals surface area contributed by atoms with Gasteiger partial charge in [0.25, 0.3) is 0 Å². The Kier molecular flexibility index (Phi) is 4.13. The van der Waals surface area contributed by atoms with Crippen molar-refractivity contribution in [1.82, 2.24) is 14.3 Å². The molecule has 0 radical (unpaired) electrons. The quantitative estimate of drug-likeness (QED) is 0.673. The van der Waals surface area contributed by atoms with Crippen LogP contribution in [0.25, 0.3) is 22.4 Å². The lowest BCUT2D eigenvalue weighted by atomic mass is 9.78. The predicted octanol–water partition coefficient (Wildman–Crippen LogP) is 4.40. The fraction of sp³-hybridized carbons (Fsp3) is 0.320. The Morgan fingerprint density at radius 2 is 1.90 bits per heavy atom. The van der Waals surface area contributed by atoms with Crippen LogP contribution in [0.4, 0.5) is 0 Å². The van der Waals surface area contributed by atoms with Gasteiger partial charge < -0.3 is 9.67 Å². The van der Waals surface area contributed by atoms with Gasteiger partial charge in [-0.15, -0.1) is 0 Å². The third kappa shape index (κ3) is 2.97. The third-order valence-electron chi connectivity index (χ3n) is 6.56. The zero-order chi connectivity index (χ0) is 22.1. The average Bonchev–Trinajstić information content (AvgIpc) is 3.29. The first-order valence-electron chi connectivity index (χ1n) is 10.5. The molecule has 1 aliphatic carbocycles. The van der Waals surface area contributed by atoms with E-state index in [1.54, 1.807) is 10.9 Å². The number of aromatic nitrogens is 3. The van der Waals surface area contributed by atoms with Crippen molar-refractivity contribution in [3.8, 4) is 11.3 Å². The summed E-state index contributed by atoms with van der Waals surface area (Å²) in [5, 5.41) is 14.1.